The van der Waals surface area contributed by atoms with Crippen LogP contribution in [-0.2, 0) is 9.47 Å². The van der Waals surface area contributed by atoms with Gasteiger partial charge in [-0.1, -0.05) is 11.6 Å². The summed E-state index contributed by atoms with van der Waals surface area (Å²) < 4.78 is 15.3. The number of carbonyl (C=O) groups excluding carboxylic acids is 2. The fourth-order valence-corrected chi connectivity index (χ4v) is 2.12. The molecule has 6 nitrogen and oxygen atoms in total. The molecule has 0 aliphatic rings. The number of benzene rings is 1. The summed E-state index contributed by atoms with van der Waals surface area (Å²) in [4.78, 5) is 27.4. The van der Waals surface area contributed by atoms with Gasteiger partial charge in [0.05, 0.1) is 19.8 Å². The predicted molar refractivity (Wildman–Crippen MR) is 77.1 cm³/mol. The first-order valence-corrected chi connectivity index (χ1v) is 6.71. The van der Waals surface area contributed by atoms with Crippen LogP contribution in [0.15, 0.2) is 27.1 Å². The van der Waals surface area contributed by atoms with E-state index in [0.29, 0.717) is 5.56 Å². The molecule has 0 fully saturated rings. The van der Waals surface area contributed by atoms with Crippen LogP contribution in [-0.4, -0.2) is 31.1 Å². The van der Waals surface area contributed by atoms with Crippen molar-refractivity contribution in [1.29, 1.82) is 0 Å². The van der Waals surface area contributed by atoms with Crippen molar-refractivity contribution < 1.29 is 23.5 Å². The highest BCUT2D eigenvalue weighted by Gasteiger charge is 2.28. The summed E-state index contributed by atoms with van der Waals surface area (Å²) in [5, 5.41) is 0. The van der Waals surface area contributed by atoms with Gasteiger partial charge in [-0.2, -0.15) is 0 Å². The van der Waals surface area contributed by atoms with Gasteiger partial charge in [0.1, 0.15) is 0 Å². The van der Waals surface area contributed by atoms with E-state index in [0.717, 1.165) is 10.0 Å². The van der Waals surface area contributed by atoms with Crippen molar-refractivity contribution in [2.45, 2.75) is 6.92 Å². The van der Waals surface area contributed by atoms with Crippen LogP contribution in [0.1, 0.15) is 26.6 Å². The van der Waals surface area contributed by atoms with Crippen molar-refractivity contribution in [3.05, 3.63) is 39.7 Å². The lowest BCUT2D eigenvalue weighted by molar-refractivity contribution is 0.0527. The SMILES string of the molecule is COC(=O)c1nc(-c2cc(C)ccc2Br)oc1C(=O)OC. The highest BCUT2D eigenvalue weighted by Crippen LogP contribution is 2.30. The number of ether oxygens (including phenoxy) is 2. The summed E-state index contributed by atoms with van der Waals surface area (Å²) in [7, 11) is 2.38. The molecule has 7 heteroatoms. The topological polar surface area (TPSA) is 78.6 Å². The van der Waals surface area contributed by atoms with Crippen LogP contribution in [0, 0.1) is 6.92 Å². The molecular weight excluding hydrogens is 342 g/mol. The van der Waals surface area contributed by atoms with E-state index in [2.05, 4.69) is 30.4 Å². The minimum absolute atomic E-state index is 0.131. The zero-order valence-electron chi connectivity index (χ0n) is 11.6. The van der Waals surface area contributed by atoms with Crippen LogP contribution in [0.25, 0.3) is 11.5 Å². The van der Waals surface area contributed by atoms with Crippen molar-refractivity contribution >= 4 is 27.9 Å². The number of oxazole rings is 1. The molecule has 0 spiro atoms. The molecule has 0 N–H and O–H groups in total. The first kappa shape index (κ1) is 15.2. The van der Waals surface area contributed by atoms with Gasteiger partial charge < -0.3 is 13.9 Å². The smallest absolute Gasteiger partial charge is 0.376 e. The lowest BCUT2D eigenvalue weighted by Crippen LogP contribution is -2.10. The molecule has 0 aliphatic carbocycles. The minimum Gasteiger partial charge on any atom is -0.464 e. The van der Waals surface area contributed by atoms with Crippen molar-refractivity contribution in [2.24, 2.45) is 0 Å². The molecule has 110 valence electrons. The van der Waals surface area contributed by atoms with Gasteiger partial charge in [0.15, 0.2) is 0 Å². The number of hydrogen-bond donors (Lipinski definition) is 0. The summed E-state index contributed by atoms with van der Waals surface area (Å²) in [5.74, 6) is -1.72. The number of aryl methyl sites for hydroxylation is 1. The first-order chi connectivity index (χ1) is 9.97. The molecule has 21 heavy (non-hydrogen) atoms. The Hall–Kier alpha value is -2.15. The molecule has 0 saturated carbocycles. The molecular formula is C14H12BrNO5. The molecule has 1 heterocycles. The lowest BCUT2D eigenvalue weighted by Gasteiger charge is -2.01. The maximum atomic E-state index is 11.7. The molecule has 1 aromatic heterocycles. The summed E-state index contributed by atoms with van der Waals surface area (Å²) in [6.07, 6.45) is 0. The monoisotopic (exact) mass is 353 g/mol. The van der Waals surface area contributed by atoms with Gasteiger partial charge in [-0.25, -0.2) is 14.6 Å². The third-order valence-electron chi connectivity index (χ3n) is 2.73. The number of hydrogen-bond acceptors (Lipinski definition) is 6. The lowest BCUT2D eigenvalue weighted by atomic mass is 10.1. The van der Waals surface area contributed by atoms with E-state index in [4.69, 9.17) is 4.42 Å². The van der Waals surface area contributed by atoms with Gasteiger partial charge >= 0.3 is 11.9 Å². The fourth-order valence-electron chi connectivity index (χ4n) is 1.70. The Balaban J connectivity index is 2.61. The van der Waals surface area contributed by atoms with E-state index < -0.39 is 11.9 Å². The van der Waals surface area contributed by atoms with Crippen LogP contribution in [0.3, 0.4) is 0 Å². The van der Waals surface area contributed by atoms with Gasteiger partial charge in [-0.05, 0) is 35.0 Å². The number of methoxy groups -OCH3 is 2. The fraction of sp³-hybridized carbons (Fsp3) is 0.214. The van der Waals surface area contributed by atoms with Gasteiger partial charge in [-0.3, -0.25) is 0 Å². The minimum atomic E-state index is -0.794. The Kier molecular flexibility index (Phi) is 4.42. The molecule has 0 saturated heterocycles. The van der Waals surface area contributed by atoms with Crippen LogP contribution in [0.5, 0.6) is 0 Å². The zero-order chi connectivity index (χ0) is 15.6. The highest BCUT2D eigenvalue weighted by molar-refractivity contribution is 9.10. The van der Waals surface area contributed by atoms with Gasteiger partial charge in [0.25, 0.3) is 0 Å². The number of halogens is 1. The summed E-state index contributed by atoms with van der Waals surface area (Å²) >= 11 is 3.38. The van der Waals surface area contributed by atoms with Crippen molar-refractivity contribution in [3.63, 3.8) is 0 Å². The average Bonchev–Trinajstić information content (AvgIpc) is 2.93. The van der Waals surface area contributed by atoms with E-state index in [-0.39, 0.29) is 17.3 Å². The number of nitrogens with zero attached hydrogens (tertiary/aromatic N) is 1. The Bertz CT molecular complexity index is 674. The van der Waals surface area contributed by atoms with Crippen molar-refractivity contribution in [1.82, 2.24) is 4.98 Å². The second-order valence-electron chi connectivity index (χ2n) is 4.16. The molecule has 0 unspecified atom stereocenters. The molecule has 2 aromatic rings. The maximum absolute atomic E-state index is 11.7. The Labute approximate surface area is 129 Å². The number of aromatic nitrogens is 1. The summed E-state index contributed by atoms with van der Waals surface area (Å²) in [6.45, 7) is 1.90. The van der Waals surface area contributed by atoms with Crippen molar-refractivity contribution in [3.8, 4) is 11.5 Å². The van der Waals surface area contributed by atoms with Crippen LogP contribution < -0.4 is 0 Å². The van der Waals surface area contributed by atoms with E-state index in [9.17, 15) is 9.59 Å². The molecule has 0 aliphatic heterocycles. The van der Waals surface area contributed by atoms with E-state index >= 15 is 0 Å². The maximum Gasteiger partial charge on any atom is 0.376 e. The number of carbonyl (C=O) groups is 2. The Morgan fingerprint density at radius 2 is 1.86 bits per heavy atom. The summed E-state index contributed by atoms with van der Waals surface area (Å²) in [5.41, 5.74) is 1.38. The first-order valence-electron chi connectivity index (χ1n) is 5.92. The number of rotatable bonds is 3. The van der Waals surface area contributed by atoms with Gasteiger partial charge in [0.2, 0.25) is 17.3 Å². The molecule has 0 amide bonds. The molecule has 0 radical (unpaired) electrons. The molecule has 2 rings (SSSR count). The molecule has 0 bridgehead atoms. The van der Waals surface area contributed by atoms with Crippen LogP contribution in [0.4, 0.5) is 0 Å². The van der Waals surface area contributed by atoms with E-state index in [1.807, 2.05) is 25.1 Å². The van der Waals surface area contributed by atoms with E-state index in [1.54, 1.807) is 0 Å². The third kappa shape index (κ3) is 2.97. The number of esters is 2. The standard InChI is InChI=1S/C14H12BrNO5/c1-7-4-5-9(15)8(6-7)12-16-10(13(17)19-2)11(21-12)14(18)20-3/h4-6H,1-3H3. The Morgan fingerprint density at radius 1 is 1.19 bits per heavy atom. The predicted octanol–water partition coefficient (Wildman–Crippen LogP) is 2.99. The Morgan fingerprint density at radius 3 is 2.48 bits per heavy atom. The zero-order valence-corrected chi connectivity index (χ0v) is 13.2. The third-order valence-corrected chi connectivity index (χ3v) is 3.42. The second-order valence-corrected chi connectivity index (χ2v) is 5.02. The molecule has 0 atom stereocenters. The van der Waals surface area contributed by atoms with Crippen LogP contribution >= 0.6 is 15.9 Å². The largest absolute Gasteiger partial charge is 0.464 e. The second kappa shape index (κ2) is 6.09. The normalized spacial score (nSPS) is 10.3. The highest BCUT2D eigenvalue weighted by atomic mass is 79.9. The van der Waals surface area contributed by atoms with Crippen molar-refractivity contribution in [2.75, 3.05) is 14.2 Å². The quantitative estimate of drug-likeness (QED) is 0.789. The van der Waals surface area contributed by atoms with E-state index in [1.165, 1.54) is 14.2 Å². The average molecular weight is 354 g/mol. The summed E-state index contributed by atoms with van der Waals surface area (Å²) in [6, 6.07) is 5.54. The van der Waals surface area contributed by atoms with Gasteiger partial charge in [0, 0.05) is 4.47 Å². The van der Waals surface area contributed by atoms with Crippen LogP contribution in [0.2, 0.25) is 0 Å². The van der Waals surface area contributed by atoms with Gasteiger partial charge in [-0.15, -0.1) is 0 Å². The molecule has 1 aromatic carbocycles.